The van der Waals surface area contributed by atoms with Crippen LogP contribution in [0.1, 0.15) is 52.9 Å². The number of rotatable bonds is 9. The number of carbonyl (C=O) groups excluding carboxylic acids is 2. The van der Waals surface area contributed by atoms with Crippen LogP contribution in [-0.4, -0.2) is 47.9 Å². The molecule has 0 bridgehead atoms. The van der Waals surface area contributed by atoms with E-state index in [0.29, 0.717) is 25.6 Å². The Morgan fingerprint density at radius 1 is 1.21 bits per heavy atom. The van der Waals surface area contributed by atoms with Crippen LogP contribution in [0.15, 0.2) is 58.5 Å². The number of hydrogen-bond acceptors (Lipinski definition) is 5. The number of carbonyl (C=O) groups is 2. The number of thiophene rings is 1. The summed E-state index contributed by atoms with van der Waals surface area (Å²) in [5.74, 6) is 1.14. The molecule has 2 aromatic heterocycles. The quantitative estimate of drug-likeness (QED) is 0.415. The summed E-state index contributed by atoms with van der Waals surface area (Å²) >= 11 is 1.72. The van der Waals surface area contributed by atoms with Gasteiger partial charge in [0.25, 0.3) is 5.91 Å². The zero-order valence-electron chi connectivity index (χ0n) is 20.0. The van der Waals surface area contributed by atoms with Crippen molar-refractivity contribution in [3.63, 3.8) is 0 Å². The summed E-state index contributed by atoms with van der Waals surface area (Å²) in [6.45, 7) is 7.77. The van der Waals surface area contributed by atoms with Gasteiger partial charge >= 0.3 is 0 Å². The second-order valence-corrected chi connectivity index (χ2v) is 10.2. The lowest BCUT2D eigenvalue weighted by molar-refractivity contribution is -0.135. The van der Waals surface area contributed by atoms with Crippen molar-refractivity contribution in [2.75, 3.05) is 26.2 Å². The van der Waals surface area contributed by atoms with Crippen LogP contribution in [-0.2, 0) is 11.2 Å². The second kappa shape index (κ2) is 10.9. The number of furan rings is 1. The van der Waals surface area contributed by atoms with Gasteiger partial charge in [0, 0.05) is 18.0 Å². The highest BCUT2D eigenvalue weighted by Gasteiger charge is 2.34. The van der Waals surface area contributed by atoms with Crippen LogP contribution in [0.3, 0.4) is 0 Å². The number of amides is 2. The van der Waals surface area contributed by atoms with Crippen LogP contribution in [0.2, 0.25) is 0 Å². The van der Waals surface area contributed by atoms with E-state index in [4.69, 9.17) is 9.15 Å². The molecular formula is C27H32N2O4S. The normalized spacial score (nSPS) is 15.3. The number of ether oxygens (including phenoxy) is 1. The van der Waals surface area contributed by atoms with Gasteiger partial charge in [-0.1, -0.05) is 31.5 Å². The van der Waals surface area contributed by atoms with Crippen LogP contribution in [0.4, 0.5) is 0 Å². The molecule has 6 nitrogen and oxygen atoms in total. The molecule has 0 aliphatic carbocycles. The summed E-state index contributed by atoms with van der Waals surface area (Å²) in [4.78, 5) is 31.4. The Kier molecular flexibility index (Phi) is 7.73. The van der Waals surface area contributed by atoms with E-state index in [2.05, 4.69) is 25.3 Å². The Labute approximate surface area is 205 Å². The van der Waals surface area contributed by atoms with Crippen molar-refractivity contribution in [1.82, 2.24) is 9.80 Å². The van der Waals surface area contributed by atoms with Crippen molar-refractivity contribution in [1.29, 1.82) is 0 Å². The minimum Gasteiger partial charge on any atom is -0.491 e. The third-order valence-corrected chi connectivity index (χ3v) is 7.16. The maximum Gasteiger partial charge on any atom is 0.290 e. The Bertz CT molecular complexity index is 1090. The first-order chi connectivity index (χ1) is 16.4. The average molecular weight is 481 g/mol. The Balaban J connectivity index is 1.51. The first-order valence-corrected chi connectivity index (χ1v) is 12.7. The number of aryl methyl sites for hydroxylation is 1. The van der Waals surface area contributed by atoms with Crippen LogP contribution in [0.25, 0.3) is 0 Å². The van der Waals surface area contributed by atoms with Crippen molar-refractivity contribution in [3.05, 3.63) is 75.9 Å². The Morgan fingerprint density at radius 3 is 2.71 bits per heavy atom. The van der Waals surface area contributed by atoms with Gasteiger partial charge in [0.15, 0.2) is 5.76 Å². The molecule has 180 valence electrons. The summed E-state index contributed by atoms with van der Waals surface area (Å²) < 4.78 is 11.4. The number of fused-ring (bicyclic) bond motifs is 1. The highest BCUT2D eigenvalue weighted by molar-refractivity contribution is 7.10. The van der Waals surface area contributed by atoms with E-state index < -0.39 is 0 Å². The van der Waals surface area contributed by atoms with Crippen molar-refractivity contribution in [2.24, 2.45) is 5.92 Å². The lowest BCUT2D eigenvalue weighted by Gasteiger charge is -2.37. The molecule has 3 heterocycles. The fourth-order valence-electron chi connectivity index (χ4n) is 4.16. The predicted octanol–water partition coefficient (Wildman–Crippen LogP) is 5.34. The average Bonchev–Trinajstić information content (AvgIpc) is 3.53. The summed E-state index contributed by atoms with van der Waals surface area (Å²) in [6.07, 6.45) is 3.11. The first-order valence-electron chi connectivity index (χ1n) is 11.8. The summed E-state index contributed by atoms with van der Waals surface area (Å²) in [6, 6.07) is 13.2. The topological polar surface area (TPSA) is 63.0 Å². The number of benzene rings is 1. The molecule has 7 heteroatoms. The fourth-order valence-corrected chi connectivity index (χ4v) is 5.09. The van der Waals surface area contributed by atoms with Gasteiger partial charge in [-0.15, -0.1) is 11.3 Å². The Morgan fingerprint density at radius 2 is 2.00 bits per heavy atom. The van der Waals surface area contributed by atoms with E-state index >= 15 is 0 Å². The molecule has 2 amide bonds. The van der Waals surface area contributed by atoms with E-state index in [0.717, 1.165) is 24.2 Å². The van der Waals surface area contributed by atoms with Gasteiger partial charge in [0.05, 0.1) is 12.3 Å². The van der Waals surface area contributed by atoms with Crippen molar-refractivity contribution >= 4 is 23.2 Å². The van der Waals surface area contributed by atoms with Crippen LogP contribution in [0, 0.1) is 12.8 Å². The number of nitrogens with zero attached hydrogens (tertiary/aromatic N) is 2. The molecule has 0 radical (unpaired) electrons. The second-order valence-electron chi connectivity index (χ2n) is 9.16. The monoisotopic (exact) mass is 480 g/mol. The highest BCUT2D eigenvalue weighted by Crippen LogP contribution is 2.34. The minimum absolute atomic E-state index is 0.0206. The molecule has 0 saturated heterocycles. The van der Waals surface area contributed by atoms with E-state index in [1.165, 1.54) is 16.7 Å². The van der Waals surface area contributed by atoms with E-state index in [1.807, 2.05) is 36.1 Å². The first kappa shape index (κ1) is 24.1. The lowest BCUT2D eigenvalue weighted by Crippen LogP contribution is -2.48. The van der Waals surface area contributed by atoms with Crippen molar-refractivity contribution in [2.45, 2.75) is 39.7 Å². The summed E-state index contributed by atoms with van der Waals surface area (Å²) in [7, 11) is 0. The molecule has 0 saturated carbocycles. The molecule has 3 aromatic rings. The predicted molar refractivity (Wildman–Crippen MR) is 133 cm³/mol. The molecule has 1 aliphatic heterocycles. The SMILES string of the molecule is Cc1ccc(OC[C@@H]2c3ccsc3CCN2C(=O)CN(CCC(C)C)C(=O)c2ccco2)cc1. The molecule has 1 aromatic carbocycles. The maximum atomic E-state index is 13.6. The van der Waals surface area contributed by atoms with Gasteiger partial charge in [0.2, 0.25) is 5.91 Å². The van der Waals surface area contributed by atoms with Gasteiger partial charge in [-0.2, -0.15) is 0 Å². The highest BCUT2D eigenvalue weighted by atomic mass is 32.1. The lowest BCUT2D eigenvalue weighted by atomic mass is 10.00. The maximum absolute atomic E-state index is 13.6. The van der Waals surface area contributed by atoms with Gasteiger partial charge < -0.3 is 19.0 Å². The third-order valence-electron chi connectivity index (χ3n) is 6.17. The molecule has 0 spiro atoms. The molecule has 34 heavy (non-hydrogen) atoms. The molecule has 4 rings (SSSR count). The molecule has 1 atom stereocenters. The zero-order valence-corrected chi connectivity index (χ0v) is 20.8. The van der Waals surface area contributed by atoms with Gasteiger partial charge in [-0.05, 0) is 67.0 Å². The smallest absolute Gasteiger partial charge is 0.290 e. The number of hydrogen-bond donors (Lipinski definition) is 0. The molecule has 0 fully saturated rings. The Hall–Kier alpha value is -3.06. The van der Waals surface area contributed by atoms with Crippen molar-refractivity contribution in [3.8, 4) is 5.75 Å². The molecule has 0 unspecified atom stereocenters. The molecule has 0 N–H and O–H groups in total. The van der Waals surface area contributed by atoms with E-state index in [9.17, 15) is 9.59 Å². The molecular weight excluding hydrogens is 448 g/mol. The minimum atomic E-state index is -0.250. The van der Waals surface area contributed by atoms with Crippen molar-refractivity contribution < 1.29 is 18.7 Å². The summed E-state index contributed by atoms with van der Waals surface area (Å²) in [5, 5.41) is 2.08. The van der Waals surface area contributed by atoms with Crippen LogP contribution >= 0.6 is 11.3 Å². The standard InChI is InChI=1S/C27H32N2O4S/c1-19(2)10-13-28(27(31)24-5-4-15-32-24)17-26(30)29-14-11-25-22(12-16-34-25)23(29)18-33-21-8-6-20(3)7-9-21/h4-9,12,15-16,19,23H,10-11,13-14,17-18H2,1-3H3/t23-/m1/s1. The fraction of sp³-hybridized carbons (Fsp3) is 0.407. The zero-order chi connectivity index (χ0) is 24.1. The van der Waals surface area contributed by atoms with Crippen LogP contribution in [0.5, 0.6) is 5.75 Å². The molecule has 1 aliphatic rings. The van der Waals surface area contributed by atoms with E-state index in [1.54, 1.807) is 28.4 Å². The van der Waals surface area contributed by atoms with Gasteiger partial charge in [-0.3, -0.25) is 9.59 Å². The summed E-state index contributed by atoms with van der Waals surface area (Å²) in [5.41, 5.74) is 2.31. The van der Waals surface area contributed by atoms with Gasteiger partial charge in [0.1, 0.15) is 18.9 Å². The van der Waals surface area contributed by atoms with E-state index in [-0.39, 0.29) is 30.2 Å². The van der Waals surface area contributed by atoms with Crippen LogP contribution < -0.4 is 4.74 Å². The third kappa shape index (κ3) is 5.70. The largest absolute Gasteiger partial charge is 0.491 e. The van der Waals surface area contributed by atoms with Gasteiger partial charge in [-0.25, -0.2) is 0 Å².